The molecule has 19 heavy (non-hydrogen) atoms. The van der Waals surface area contributed by atoms with Gasteiger partial charge in [-0.1, -0.05) is 58.2 Å². The smallest absolute Gasteiger partial charge is 0.0483 e. The van der Waals surface area contributed by atoms with Gasteiger partial charge in [0.2, 0.25) is 0 Å². The number of hydrogen-bond donors (Lipinski definition) is 0. The SMILES string of the molecule is CC.CCCCCCc1cn(CC)c2ccccc12. The van der Waals surface area contributed by atoms with Crippen LogP contribution in [0.15, 0.2) is 30.5 Å². The summed E-state index contributed by atoms with van der Waals surface area (Å²) in [5, 5.41) is 1.45. The third-order valence-corrected chi connectivity index (χ3v) is 3.51. The highest BCUT2D eigenvalue weighted by Gasteiger charge is 2.06. The van der Waals surface area contributed by atoms with Crippen molar-refractivity contribution in [2.75, 3.05) is 0 Å². The third kappa shape index (κ3) is 4.12. The Morgan fingerprint density at radius 3 is 2.37 bits per heavy atom. The van der Waals surface area contributed by atoms with Crippen molar-refractivity contribution < 1.29 is 0 Å². The minimum absolute atomic E-state index is 1.06. The lowest BCUT2D eigenvalue weighted by Gasteiger charge is -1.98. The summed E-state index contributed by atoms with van der Waals surface area (Å²) in [6.45, 7) is 9.55. The highest BCUT2D eigenvalue weighted by molar-refractivity contribution is 5.83. The topological polar surface area (TPSA) is 4.93 Å². The molecule has 0 bridgehead atoms. The first-order valence-corrected chi connectivity index (χ1v) is 7.93. The molecule has 1 heterocycles. The number of nitrogens with zero attached hydrogens (tertiary/aromatic N) is 1. The predicted molar refractivity (Wildman–Crippen MR) is 86.8 cm³/mol. The first-order chi connectivity index (χ1) is 9.36. The van der Waals surface area contributed by atoms with Crippen LogP contribution in [0.3, 0.4) is 0 Å². The second-order valence-electron chi connectivity index (χ2n) is 4.77. The lowest BCUT2D eigenvalue weighted by Crippen LogP contribution is -1.90. The lowest BCUT2D eigenvalue weighted by molar-refractivity contribution is 0.666. The van der Waals surface area contributed by atoms with Crippen molar-refractivity contribution in [3.05, 3.63) is 36.0 Å². The summed E-state index contributed by atoms with van der Waals surface area (Å²) in [5.41, 5.74) is 2.92. The van der Waals surface area contributed by atoms with Crippen LogP contribution in [-0.4, -0.2) is 4.57 Å². The Kier molecular flexibility index (Phi) is 7.32. The summed E-state index contributed by atoms with van der Waals surface area (Å²) in [4.78, 5) is 0. The number of para-hydroxylation sites is 1. The van der Waals surface area contributed by atoms with Crippen molar-refractivity contribution >= 4 is 10.9 Å². The lowest BCUT2D eigenvalue weighted by atomic mass is 10.1. The summed E-state index contributed by atoms with van der Waals surface area (Å²) in [6.07, 6.45) is 8.95. The summed E-state index contributed by atoms with van der Waals surface area (Å²) in [6, 6.07) is 8.78. The molecular formula is C18H29N. The molecule has 0 atom stereocenters. The molecule has 2 rings (SSSR count). The molecule has 0 aliphatic rings. The van der Waals surface area contributed by atoms with Gasteiger partial charge in [0.05, 0.1) is 0 Å². The maximum Gasteiger partial charge on any atom is 0.0483 e. The molecular weight excluding hydrogens is 230 g/mol. The monoisotopic (exact) mass is 259 g/mol. The maximum absolute atomic E-state index is 2.37. The van der Waals surface area contributed by atoms with Gasteiger partial charge >= 0.3 is 0 Å². The van der Waals surface area contributed by atoms with Gasteiger partial charge in [-0.15, -0.1) is 0 Å². The maximum atomic E-state index is 2.37. The Bertz CT molecular complexity index is 467. The van der Waals surface area contributed by atoms with Gasteiger partial charge in [-0.05, 0) is 31.4 Å². The van der Waals surface area contributed by atoms with E-state index >= 15 is 0 Å². The van der Waals surface area contributed by atoms with E-state index in [1.807, 2.05) is 13.8 Å². The molecule has 1 aromatic carbocycles. The highest BCUT2D eigenvalue weighted by Crippen LogP contribution is 2.23. The average Bonchev–Trinajstić information content (AvgIpc) is 2.84. The zero-order valence-electron chi connectivity index (χ0n) is 13.1. The number of rotatable bonds is 6. The van der Waals surface area contributed by atoms with Gasteiger partial charge in [-0.25, -0.2) is 0 Å². The highest BCUT2D eigenvalue weighted by atomic mass is 14.9. The van der Waals surface area contributed by atoms with E-state index in [2.05, 4.69) is 48.9 Å². The summed E-state index contributed by atoms with van der Waals surface area (Å²) < 4.78 is 2.37. The van der Waals surface area contributed by atoms with Crippen LogP contribution >= 0.6 is 0 Å². The molecule has 0 saturated carbocycles. The quantitative estimate of drug-likeness (QED) is 0.577. The number of hydrogen-bond acceptors (Lipinski definition) is 0. The first kappa shape index (κ1) is 15.8. The fourth-order valence-electron chi connectivity index (χ4n) is 2.53. The van der Waals surface area contributed by atoms with Crippen molar-refractivity contribution in [3.63, 3.8) is 0 Å². The van der Waals surface area contributed by atoms with E-state index in [0.29, 0.717) is 0 Å². The van der Waals surface area contributed by atoms with E-state index in [-0.39, 0.29) is 0 Å². The second kappa shape index (κ2) is 8.79. The van der Waals surface area contributed by atoms with Gasteiger partial charge in [0, 0.05) is 23.6 Å². The Balaban J connectivity index is 0.000000861. The van der Waals surface area contributed by atoms with Gasteiger partial charge in [0.1, 0.15) is 0 Å². The normalized spacial score (nSPS) is 10.3. The number of aromatic nitrogens is 1. The van der Waals surface area contributed by atoms with E-state index in [0.717, 1.165) is 6.54 Å². The minimum atomic E-state index is 1.06. The standard InChI is InChI=1S/C16H23N.C2H6/c1-3-5-6-7-10-14-13-17(4-2)16-12-9-8-11-15(14)16;1-2/h8-9,11-13H,3-7,10H2,1-2H3;1-2H3. The Labute approximate surface area is 118 Å². The Hall–Kier alpha value is -1.24. The minimum Gasteiger partial charge on any atom is -0.347 e. The van der Waals surface area contributed by atoms with Crippen LogP contribution in [0, 0.1) is 0 Å². The van der Waals surface area contributed by atoms with Crippen molar-refractivity contribution in [2.24, 2.45) is 0 Å². The molecule has 2 aromatic rings. The molecule has 1 aromatic heterocycles. The summed E-state index contributed by atoms with van der Waals surface area (Å²) in [5.74, 6) is 0. The van der Waals surface area contributed by atoms with E-state index in [9.17, 15) is 0 Å². The van der Waals surface area contributed by atoms with Crippen molar-refractivity contribution in [1.29, 1.82) is 0 Å². The average molecular weight is 259 g/mol. The van der Waals surface area contributed by atoms with Gasteiger partial charge in [0.25, 0.3) is 0 Å². The van der Waals surface area contributed by atoms with Crippen LogP contribution in [0.1, 0.15) is 58.9 Å². The first-order valence-electron chi connectivity index (χ1n) is 7.93. The van der Waals surface area contributed by atoms with Crippen molar-refractivity contribution in [1.82, 2.24) is 4.57 Å². The Morgan fingerprint density at radius 1 is 0.947 bits per heavy atom. The fraction of sp³-hybridized carbons (Fsp3) is 0.556. The van der Waals surface area contributed by atoms with Crippen LogP contribution in [0.25, 0.3) is 10.9 Å². The van der Waals surface area contributed by atoms with Crippen LogP contribution in [0.5, 0.6) is 0 Å². The van der Waals surface area contributed by atoms with Gasteiger partial charge < -0.3 is 4.57 Å². The van der Waals surface area contributed by atoms with E-state index in [1.54, 1.807) is 0 Å². The fourth-order valence-corrected chi connectivity index (χ4v) is 2.53. The van der Waals surface area contributed by atoms with E-state index in [1.165, 1.54) is 48.6 Å². The molecule has 0 saturated heterocycles. The summed E-state index contributed by atoms with van der Waals surface area (Å²) >= 11 is 0. The molecule has 0 aliphatic heterocycles. The van der Waals surface area contributed by atoms with Crippen LogP contribution < -0.4 is 0 Å². The molecule has 0 spiro atoms. The summed E-state index contributed by atoms with van der Waals surface area (Å²) in [7, 11) is 0. The molecule has 0 amide bonds. The number of fused-ring (bicyclic) bond motifs is 1. The van der Waals surface area contributed by atoms with Gasteiger partial charge in [-0.3, -0.25) is 0 Å². The molecule has 0 aliphatic carbocycles. The van der Waals surface area contributed by atoms with Gasteiger partial charge in [0.15, 0.2) is 0 Å². The van der Waals surface area contributed by atoms with Crippen LogP contribution in [-0.2, 0) is 13.0 Å². The molecule has 1 nitrogen and oxygen atoms in total. The predicted octanol–water partition coefficient (Wildman–Crippen LogP) is 5.81. The molecule has 0 N–H and O–H groups in total. The Morgan fingerprint density at radius 2 is 1.68 bits per heavy atom. The number of unbranched alkanes of at least 4 members (excludes halogenated alkanes) is 3. The molecule has 0 radical (unpaired) electrons. The second-order valence-corrected chi connectivity index (χ2v) is 4.77. The molecule has 0 fully saturated rings. The molecule has 106 valence electrons. The molecule has 0 unspecified atom stereocenters. The van der Waals surface area contributed by atoms with E-state index < -0.39 is 0 Å². The molecule has 1 heteroatoms. The van der Waals surface area contributed by atoms with Crippen molar-refractivity contribution in [3.8, 4) is 0 Å². The zero-order valence-corrected chi connectivity index (χ0v) is 13.1. The number of aryl methyl sites for hydroxylation is 2. The van der Waals surface area contributed by atoms with Gasteiger partial charge in [-0.2, -0.15) is 0 Å². The zero-order chi connectivity index (χ0) is 14.1. The van der Waals surface area contributed by atoms with Crippen LogP contribution in [0.4, 0.5) is 0 Å². The third-order valence-electron chi connectivity index (χ3n) is 3.51. The van der Waals surface area contributed by atoms with E-state index in [4.69, 9.17) is 0 Å². The largest absolute Gasteiger partial charge is 0.347 e. The van der Waals surface area contributed by atoms with Crippen molar-refractivity contribution in [2.45, 2.75) is 66.3 Å². The number of benzene rings is 1. The van der Waals surface area contributed by atoms with Crippen LogP contribution in [0.2, 0.25) is 0 Å².